The number of H-pyrrole nitrogens is 1. The Kier molecular flexibility index (Phi) is 6.58. The van der Waals surface area contributed by atoms with E-state index >= 15 is 0 Å². The zero-order valence-electron chi connectivity index (χ0n) is 21.7. The lowest BCUT2D eigenvalue weighted by Crippen LogP contribution is -2.34. The van der Waals surface area contributed by atoms with Crippen LogP contribution in [0.4, 0.5) is 5.82 Å². The molecule has 3 aromatic heterocycles. The standard InChI is InChI=1S/C31H34N6O/c1-2-24(21-8-4-3-5-9-21)31(38)34-19-20-12-14-22(15-13-20)30-36-27(28-29(32)33-16-17-37(28)30)26-18-23-10-6-7-11-25(23)35-26/h3-11,16-18,20,22,24,35H,2,12-15,19H2,1H3,(H2,32,33)(H,34,38). The van der Waals surface area contributed by atoms with Crippen molar-refractivity contribution in [2.24, 2.45) is 5.92 Å². The normalized spacial score (nSPS) is 18.6. The molecule has 1 fully saturated rings. The average molecular weight is 507 g/mol. The van der Waals surface area contributed by atoms with Crippen molar-refractivity contribution in [2.45, 2.75) is 50.9 Å². The Morgan fingerprint density at radius 1 is 1.11 bits per heavy atom. The lowest BCUT2D eigenvalue weighted by molar-refractivity contribution is -0.122. The Hall–Kier alpha value is -4.13. The van der Waals surface area contributed by atoms with Gasteiger partial charge in [-0.15, -0.1) is 0 Å². The lowest BCUT2D eigenvalue weighted by Gasteiger charge is -2.28. The van der Waals surface area contributed by atoms with Gasteiger partial charge in [0.1, 0.15) is 22.9 Å². The molecule has 0 radical (unpaired) electrons. The molecule has 1 atom stereocenters. The van der Waals surface area contributed by atoms with Crippen LogP contribution in [0, 0.1) is 5.92 Å². The number of amides is 1. The van der Waals surface area contributed by atoms with Crippen molar-refractivity contribution in [1.29, 1.82) is 0 Å². The Morgan fingerprint density at radius 3 is 2.63 bits per heavy atom. The van der Waals surface area contributed by atoms with Gasteiger partial charge < -0.3 is 16.0 Å². The van der Waals surface area contributed by atoms with E-state index in [1.54, 1.807) is 6.20 Å². The van der Waals surface area contributed by atoms with Crippen LogP contribution in [0.15, 0.2) is 73.1 Å². The number of benzene rings is 2. The maximum atomic E-state index is 12.9. The number of anilines is 1. The Balaban J connectivity index is 1.17. The van der Waals surface area contributed by atoms with Crippen molar-refractivity contribution >= 4 is 28.1 Å². The van der Waals surface area contributed by atoms with Gasteiger partial charge in [-0.05, 0) is 55.7 Å². The van der Waals surface area contributed by atoms with Gasteiger partial charge in [-0.1, -0.05) is 55.5 Å². The third kappa shape index (κ3) is 4.53. The highest BCUT2D eigenvalue weighted by molar-refractivity contribution is 5.91. The van der Waals surface area contributed by atoms with Gasteiger partial charge in [0.05, 0.1) is 11.6 Å². The fourth-order valence-electron chi connectivity index (χ4n) is 6.01. The summed E-state index contributed by atoms with van der Waals surface area (Å²) in [5, 5.41) is 4.39. The molecule has 0 saturated heterocycles. The molecule has 0 bridgehead atoms. The van der Waals surface area contributed by atoms with E-state index in [0.717, 1.165) is 77.8 Å². The van der Waals surface area contributed by atoms with E-state index in [1.165, 1.54) is 0 Å². The number of imidazole rings is 1. The summed E-state index contributed by atoms with van der Waals surface area (Å²) in [5.74, 6) is 2.38. The molecule has 7 heteroatoms. The first kappa shape index (κ1) is 24.2. The molecule has 1 aliphatic rings. The van der Waals surface area contributed by atoms with Crippen molar-refractivity contribution in [2.75, 3.05) is 12.3 Å². The number of hydrogen-bond acceptors (Lipinski definition) is 4. The number of nitrogens with one attached hydrogen (secondary N) is 2. The molecule has 1 aliphatic carbocycles. The molecule has 0 spiro atoms. The van der Waals surface area contributed by atoms with Gasteiger partial charge >= 0.3 is 0 Å². The highest BCUT2D eigenvalue weighted by Crippen LogP contribution is 2.38. The van der Waals surface area contributed by atoms with Crippen LogP contribution in [0.25, 0.3) is 27.8 Å². The van der Waals surface area contributed by atoms with E-state index < -0.39 is 0 Å². The molecule has 5 aromatic rings. The zero-order valence-corrected chi connectivity index (χ0v) is 21.7. The van der Waals surface area contributed by atoms with Crippen LogP contribution in [0.2, 0.25) is 0 Å². The predicted molar refractivity (Wildman–Crippen MR) is 152 cm³/mol. The topological polar surface area (TPSA) is 101 Å². The number of fused-ring (bicyclic) bond motifs is 2. The molecule has 4 N–H and O–H groups in total. The average Bonchev–Trinajstić information content (AvgIpc) is 3.56. The summed E-state index contributed by atoms with van der Waals surface area (Å²) in [7, 11) is 0. The highest BCUT2D eigenvalue weighted by Gasteiger charge is 2.28. The largest absolute Gasteiger partial charge is 0.382 e. The van der Waals surface area contributed by atoms with E-state index in [1.807, 2.05) is 48.7 Å². The maximum absolute atomic E-state index is 12.9. The molecule has 2 aromatic carbocycles. The number of aromatic nitrogens is 4. The van der Waals surface area contributed by atoms with Gasteiger partial charge in [0, 0.05) is 35.8 Å². The predicted octanol–water partition coefficient (Wildman–Crippen LogP) is 6.04. The molecule has 38 heavy (non-hydrogen) atoms. The SMILES string of the molecule is CCC(C(=O)NCC1CCC(c2nc(-c3cc4ccccc4[nH]3)c3c(N)nccn23)CC1)c1ccccc1. The van der Waals surface area contributed by atoms with E-state index in [2.05, 4.69) is 44.8 Å². The zero-order chi connectivity index (χ0) is 26.1. The summed E-state index contributed by atoms with van der Waals surface area (Å²) in [6, 6.07) is 20.4. The van der Waals surface area contributed by atoms with Crippen LogP contribution in [0.1, 0.15) is 62.3 Å². The summed E-state index contributed by atoms with van der Waals surface area (Å²) in [6.07, 6.45) is 8.70. The lowest BCUT2D eigenvalue weighted by atomic mass is 9.81. The molecular formula is C31H34N6O. The minimum atomic E-state index is -0.0917. The second-order valence-electron chi connectivity index (χ2n) is 10.5. The maximum Gasteiger partial charge on any atom is 0.227 e. The third-order valence-corrected chi connectivity index (χ3v) is 8.10. The third-order valence-electron chi connectivity index (χ3n) is 8.10. The van der Waals surface area contributed by atoms with Gasteiger partial charge in [0.2, 0.25) is 5.91 Å². The molecule has 1 saturated carbocycles. The fraction of sp³-hybridized carbons (Fsp3) is 0.323. The first-order valence-electron chi connectivity index (χ1n) is 13.7. The van der Waals surface area contributed by atoms with E-state index in [4.69, 9.17) is 10.7 Å². The second-order valence-corrected chi connectivity index (χ2v) is 10.5. The summed E-state index contributed by atoms with van der Waals surface area (Å²) in [4.78, 5) is 26.0. The fourth-order valence-corrected chi connectivity index (χ4v) is 6.01. The van der Waals surface area contributed by atoms with Gasteiger partial charge in [-0.25, -0.2) is 9.97 Å². The van der Waals surface area contributed by atoms with Gasteiger partial charge in [0.25, 0.3) is 0 Å². The van der Waals surface area contributed by atoms with Crippen molar-refractivity contribution in [3.05, 3.63) is 84.4 Å². The summed E-state index contributed by atoms with van der Waals surface area (Å²) in [5.41, 5.74) is 11.2. The first-order valence-corrected chi connectivity index (χ1v) is 13.7. The Labute approximate surface area is 222 Å². The smallest absolute Gasteiger partial charge is 0.227 e. The summed E-state index contributed by atoms with van der Waals surface area (Å²) < 4.78 is 2.13. The van der Waals surface area contributed by atoms with Gasteiger partial charge in [0.15, 0.2) is 0 Å². The van der Waals surface area contributed by atoms with Crippen molar-refractivity contribution in [3.63, 3.8) is 0 Å². The van der Waals surface area contributed by atoms with Gasteiger partial charge in [-0.3, -0.25) is 9.20 Å². The molecule has 7 nitrogen and oxygen atoms in total. The van der Waals surface area contributed by atoms with Crippen molar-refractivity contribution in [1.82, 2.24) is 24.7 Å². The minimum absolute atomic E-state index is 0.0917. The van der Waals surface area contributed by atoms with Crippen LogP contribution in [0.3, 0.4) is 0 Å². The number of rotatable bonds is 7. The second kappa shape index (κ2) is 10.3. The monoisotopic (exact) mass is 506 g/mol. The molecule has 194 valence electrons. The minimum Gasteiger partial charge on any atom is -0.382 e. The number of carbonyl (C=O) groups is 1. The molecule has 6 rings (SSSR count). The quantitative estimate of drug-likeness (QED) is 0.250. The summed E-state index contributed by atoms with van der Waals surface area (Å²) >= 11 is 0. The van der Waals surface area contributed by atoms with Gasteiger partial charge in [-0.2, -0.15) is 0 Å². The van der Waals surface area contributed by atoms with Crippen LogP contribution < -0.4 is 11.1 Å². The Bertz CT molecular complexity index is 1530. The number of carbonyl (C=O) groups excluding carboxylic acids is 1. The number of nitrogens with two attached hydrogens (primary N) is 1. The molecule has 1 unspecified atom stereocenters. The first-order chi connectivity index (χ1) is 18.6. The van der Waals surface area contributed by atoms with Crippen LogP contribution in [-0.2, 0) is 4.79 Å². The number of nitrogen functional groups attached to an aromatic ring is 1. The molecule has 0 aliphatic heterocycles. The van der Waals surface area contributed by atoms with Crippen LogP contribution in [-0.4, -0.2) is 31.8 Å². The molecular weight excluding hydrogens is 472 g/mol. The number of para-hydroxylation sites is 1. The number of nitrogens with zero attached hydrogens (tertiary/aromatic N) is 3. The number of hydrogen-bond donors (Lipinski definition) is 3. The van der Waals surface area contributed by atoms with Crippen LogP contribution >= 0.6 is 0 Å². The van der Waals surface area contributed by atoms with E-state index in [0.29, 0.717) is 17.7 Å². The van der Waals surface area contributed by atoms with E-state index in [-0.39, 0.29) is 11.8 Å². The molecule has 1 amide bonds. The Morgan fingerprint density at radius 2 is 1.87 bits per heavy atom. The van der Waals surface area contributed by atoms with Crippen molar-refractivity contribution in [3.8, 4) is 11.4 Å². The van der Waals surface area contributed by atoms with Crippen molar-refractivity contribution < 1.29 is 4.79 Å². The number of aromatic amines is 1. The highest BCUT2D eigenvalue weighted by atomic mass is 16.1. The van der Waals surface area contributed by atoms with Crippen LogP contribution in [0.5, 0.6) is 0 Å². The molecule has 3 heterocycles. The van der Waals surface area contributed by atoms with E-state index in [9.17, 15) is 4.79 Å². The summed E-state index contributed by atoms with van der Waals surface area (Å²) in [6.45, 7) is 2.80.